The number of imidazole rings is 1. The Kier molecular flexibility index (Phi) is 5.95. The number of rotatable bonds is 6. The molecule has 3 fully saturated rings. The summed E-state index contributed by atoms with van der Waals surface area (Å²) in [6.45, 7) is 1.49. The summed E-state index contributed by atoms with van der Waals surface area (Å²) < 4.78 is 15.6. The van der Waals surface area contributed by atoms with Crippen molar-refractivity contribution in [3.05, 3.63) is 48.2 Å². The van der Waals surface area contributed by atoms with E-state index in [0.717, 1.165) is 58.7 Å². The Morgan fingerprint density at radius 3 is 2.76 bits per heavy atom. The molecular weight excluding hydrogens is 584 g/mol. The van der Waals surface area contributed by atoms with Gasteiger partial charge in [-0.15, -0.1) is 0 Å². The van der Waals surface area contributed by atoms with Gasteiger partial charge in [0.2, 0.25) is 5.88 Å². The zero-order chi connectivity index (χ0) is 31.3. The van der Waals surface area contributed by atoms with E-state index in [1.165, 1.54) is 12.8 Å². The van der Waals surface area contributed by atoms with Gasteiger partial charge >= 0.3 is 0 Å². The van der Waals surface area contributed by atoms with Gasteiger partial charge in [-0.25, -0.2) is 15.0 Å². The molecule has 1 aromatic carbocycles. The molecule has 234 valence electrons. The molecule has 5 aromatic rings. The second-order valence-corrected chi connectivity index (χ2v) is 13.1. The van der Waals surface area contributed by atoms with Crippen LogP contribution in [0.4, 0.5) is 5.69 Å². The quantitative estimate of drug-likeness (QED) is 0.291. The molecule has 12 heteroatoms. The van der Waals surface area contributed by atoms with Crippen LogP contribution in [0.1, 0.15) is 36.0 Å². The van der Waals surface area contributed by atoms with Crippen LogP contribution in [0.3, 0.4) is 0 Å². The summed E-state index contributed by atoms with van der Waals surface area (Å²) in [5.74, 6) is 2.52. The number of nitrogens with two attached hydrogens (primary N) is 1. The molecule has 2 bridgehead atoms. The van der Waals surface area contributed by atoms with E-state index in [4.69, 9.17) is 25.2 Å². The number of anilines is 1. The number of likely N-dealkylation sites (tertiary alicyclic amines) is 1. The topological polar surface area (TPSA) is 142 Å². The monoisotopic (exact) mass is 618 g/mol. The van der Waals surface area contributed by atoms with Gasteiger partial charge in [-0.1, -0.05) is 0 Å². The lowest BCUT2D eigenvalue weighted by Crippen LogP contribution is -2.41. The Bertz CT molecular complexity index is 2100. The highest BCUT2D eigenvalue weighted by Gasteiger charge is 2.47. The zero-order valence-electron chi connectivity index (χ0n) is 25.7. The van der Waals surface area contributed by atoms with Gasteiger partial charge in [-0.2, -0.15) is 0 Å². The Morgan fingerprint density at radius 2 is 2.00 bits per heavy atom. The van der Waals surface area contributed by atoms with Gasteiger partial charge in [-0.05, 0) is 73.9 Å². The van der Waals surface area contributed by atoms with Gasteiger partial charge < -0.3 is 34.6 Å². The van der Waals surface area contributed by atoms with Crippen molar-refractivity contribution < 1.29 is 19.1 Å². The summed E-state index contributed by atoms with van der Waals surface area (Å²) in [7, 11) is 3.62. The van der Waals surface area contributed by atoms with Crippen molar-refractivity contribution in [2.45, 2.75) is 44.3 Å². The third-order valence-electron chi connectivity index (χ3n) is 10.2. The number of methoxy groups -OCH3 is 1. The lowest BCUT2D eigenvalue weighted by Gasteiger charge is -2.27. The minimum absolute atomic E-state index is 0.0163. The fourth-order valence-corrected chi connectivity index (χ4v) is 7.60. The van der Waals surface area contributed by atoms with Gasteiger partial charge in [0.05, 0.1) is 24.0 Å². The van der Waals surface area contributed by atoms with Crippen LogP contribution in [0.15, 0.2) is 42.6 Å². The van der Waals surface area contributed by atoms with Crippen LogP contribution in [-0.2, 0) is 18.4 Å². The standard InChI is InChI=1S/C34H34N8O4/c1-40-30-23(9-20(12-27(30)45-2)34(44)42-15-19-6-8-25(42)29(19)35)39-32(40)26-11-18-5-7-22(38-31(18)41(26)14-17-3-4-17)21-10-24-33(36-13-21)46-16-28(43)37-24/h5,7,9-13,17,19,25,29H,3-4,6,8,14-16,35H2,1-2H3,(H,37,43)/t19?,25?,29-/m1/s1. The van der Waals surface area contributed by atoms with Crippen molar-refractivity contribution in [2.75, 3.05) is 25.6 Å². The van der Waals surface area contributed by atoms with Crippen LogP contribution in [0.25, 0.3) is 44.8 Å². The molecule has 4 aliphatic rings. The van der Waals surface area contributed by atoms with E-state index in [1.807, 2.05) is 40.8 Å². The molecule has 6 heterocycles. The van der Waals surface area contributed by atoms with Crippen LogP contribution in [0.2, 0.25) is 0 Å². The van der Waals surface area contributed by atoms with Crippen molar-refractivity contribution in [1.29, 1.82) is 0 Å². The van der Waals surface area contributed by atoms with E-state index in [1.54, 1.807) is 13.3 Å². The van der Waals surface area contributed by atoms with Crippen LogP contribution in [-0.4, -0.2) is 73.1 Å². The number of hydrogen-bond donors (Lipinski definition) is 2. The summed E-state index contributed by atoms with van der Waals surface area (Å²) in [5.41, 5.74) is 12.4. The summed E-state index contributed by atoms with van der Waals surface area (Å²) >= 11 is 0. The number of nitrogens with zero attached hydrogens (tertiary/aromatic N) is 6. The van der Waals surface area contributed by atoms with Crippen molar-refractivity contribution >= 4 is 39.6 Å². The van der Waals surface area contributed by atoms with E-state index in [9.17, 15) is 9.59 Å². The van der Waals surface area contributed by atoms with Crippen LogP contribution >= 0.6 is 0 Å². The van der Waals surface area contributed by atoms with E-state index in [0.29, 0.717) is 46.8 Å². The number of hydrogen-bond acceptors (Lipinski definition) is 8. The average Bonchev–Trinajstić information content (AvgIpc) is 3.47. The first-order chi connectivity index (χ1) is 22.4. The van der Waals surface area contributed by atoms with Crippen LogP contribution in [0, 0.1) is 11.8 Å². The predicted octanol–water partition coefficient (Wildman–Crippen LogP) is 3.96. The molecule has 2 aliphatic heterocycles. The van der Waals surface area contributed by atoms with Crippen molar-refractivity contribution in [3.63, 3.8) is 0 Å². The molecule has 0 spiro atoms. The number of amides is 2. The van der Waals surface area contributed by atoms with E-state index < -0.39 is 0 Å². The Hall–Kier alpha value is -4.97. The van der Waals surface area contributed by atoms with Crippen molar-refractivity contribution in [3.8, 4) is 34.4 Å². The van der Waals surface area contributed by atoms with Gasteiger partial charge in [0.25, 0.3) is 11.8 Å². The molecule has 2 unspecified atom stereocenters. The highest BCUT2D eigenvalue weighted by Crippen LogP contribution is 2.40. The van der Waals surface area contributed by atoms with Crippen molar-refractivity contribution in [2.24, 2.45) is 24.6 Å². The molecule has 2 amide bonds. The number of fused-ring (bicyclic) bond motifs is 5. The van der Waals surface area contributed by atoms with Gasteiger partial charge in [0.1, 0.15) is 22.6 Å². The number of nitrogens with one attached hydrogen (secondary N) is 1. The number of piperidine rings is 1. The molecular formula is C34H34N8O4. The minimum Gasteiger partial charge on any atom is -0.494 e. The molecule has 9 rings (SSSR count). The third-order valence-corrected chi connectivity index (χ3v) is 10.2. The lowest BCUT2D eigenvalue weighted by atomic mass is 10.1. The van der Waals surface area contributed by atoms with Crippen LogP contribution < -0.4 is 20.5 Å². The highest BCUT2D eigenvalue weighted by molar-refractivity contribution is 6.01. The Balaban J connectivity index is 1.14. The van der Waals surface area contributed by atoms with Crippen molar-refractivity contribution in [1.82, 2.24) is 29.0 Å². The van der Waals surface area contributed by atoms with E-state index in [-0.39, 0.29) is 30.5 Å². The molecule has 4 aromatic heterocycles. The molecule has 2 aliphatic carbocycles. The number of carbonyl (C=O) groups excluding carboxylic acids is 2. The first kappa shape index (κ1) is 27.3. The number of carbonyl (C=O) groups is 2. The fourth-order valence-electron chi connectivity index (χ4n) is 7.60. The molecule has 3 atom stereocenters. The number of pyridine rings is 2. The van der Waals surface area contributed by atoms with E-state index in [2.05, 4.69) is 27.0 Å². The number of aromatic nitrogens is 5. The molecule has 1 saturated heterocycles. The summed E-state index contributed by atoms with van der Waals surface area (Å²) in [6.07, 6.45) is 6.12. The Morgan fingerprint density at radius 1 is 1.13 bits per heavy atom. The molecule has 2 saturated carbocycles. The fraction of sp³-hybridized carbons (Fsp3) is 0.382. The maximum Gasteiger partial charge on any atom is 0.262 e. The number of ether oxygens (including phenoxy) is 2. The lowest BCUT2D eigenvalue weighted by molar-refractivity contribution is -0.118. The third kappa shape index (κ3) is 4.19. The average molecular weight is 619 g/mol. The predicted molar refractivity (Wildman–Crippen MR) is 172 cm³/mol. The molecule has 46 heavy (non-hydrogen) atoms. The maximum absolute atomic E-state index is 13.7. The minimum atomic E-state index is -0.208. The maximum atomic E-state index is 13.7. The number of benzene rings is 1. The summed E-state index contributed by atoms with van der Waals surface area (Å²) in [6, 6.07) is 11.9. The van der Waals surface area contributed by atoms with Crippen LogP contribution in [0.5, 0.6) is 11.6 Å². The largest absolute Gasteiger partial charge is 0.494 e. The second-order valence-electron chi connectivity index (χ2n) is 13.1. The SMILES string of the molecule is COc1cc(C(=O)N2CC3CCC2[C@@H]3N)cc2nc(-c3cc4ccc(-c5cnc6c(c5)NC(=O)CO6)nc4n3CC3CC3)n(C)c12. The Labute approximate surface area is 264 Å². The normalized spacial score (nSPS) is 21.9. The second kappa shape index (κ2) is 10.0. The summed E-state index contributed by atoms with van der Waals surface area (Å²) in [4.78, 5) is 42.2. The molecule has 3 N–H and O–H groups in total. The van der Waals surface area contributed by atoms with Gasteiger partial charge in [0.15, 0.2) is 12.4 Å². The first-order valence-corrected chi connectivity index (χ1v) is 15.9. The number of aryl methyl sites for hydroxylation is 1. The van der Waals surface area contributed by atoms with Gasteiger partial charge in [-0.3, -0.25) is 9.59 Å². The van der Waals surface area contributed by atoms with E-state index >= 15 is 0 Å². The molecule has 12 nitrogen and oxygen atoms in total. The van der Waals surface area contributed by atoms with Gasteiger partial charge in [0, 0.05) is 54.9 Å². The highest BCUT2D eigenvalue weighted by atomic mass is 16.5. The molecule has 0 radical (unpaired) electrons. The summed E-state index contributed by atoms with van der Waals surface area (Å²) in [5, 5.41) is 3.83. The first-order valence-electron chi connectivity index (χ1n) is 15.9. The zero-order valence-corrected chi connectivity index (χ0v) is 25.7. The smallest absolute Gasteiger partial charge is 0.262 e.